The van der Waals surface area contributed by atoms with Crippen LogP contribution in [0, 0.1) is 5.92 Å². The Morgan fingerprint density at radius 3 is 1.19 bits per heavy atom. The van der Waals surface area contributed by atoms with E-state index in [4.69, 9.17) is 0 Å². The second-order valence-corrected chi connectivity index (χ2v) is 2.66. The summed E-state index contributed by atoms with van der Waals surface area (Å²) in [5.74, 6) is 0.623. The highest BCUT2D eigenvalue weighted by Gasteiger charge is 1.81. The van der Waals surface area contributed by atoms with Crippen molar-refractivity contribution in [2.24, 2.45) is 5.92 Å². The first-order valence-electron chi connectivity index (χ1n) is 5.64. The van der Waals surface area contributed by atoms with Crippen LogP contribution in [0.1, 0.15) is 77.2 Å². The average molecular weight is 238 g/mol. The van der Waals surface area contributed by atoms with Gasteiger partial charge in [-0.15, -0.1) is 0 Å². The van der Waals surface area contributed by atoms with E-state index < -0.39 is 0 Å². The molecule has 0 saturated heterocycles. The Bertz CT molecular complexity index is 76.0. The minimum Gasteiger partial charge on any atom is -0.466 e. The van der Waals surface area contributed by atoms with Crippen molar-refractivity contribution in [2.75, 3.05) is 6.61 Å². The number of hydrogen-bond acceptors (Lipinski definition) is 2. The lowest BCUT2D eigenvalue weighted by Crippen LogP contribution is -1.95. The zero-order chi connectivity index (χ0) is 12.6. The fraction of sp³-hybridized carbons (Fsp3) is 0.929. The van der Waals surface area contributed by atoms with E-state index in [1.165, 1.54) is 6.92 Å². The van der Waals surface area contributed by atoms with E-state index in [1.54, 1.807) is 6.92 Å². The fourth-order valence-electron chi connectivity index (χ4n) is 0.203. The number of esters is 1. The molecular formula is C14H38O2. The first-order chi connectivity index (χ1) is 6.50. The smallest absolute Gasteiger partial charge is 0.302 e. The molecule has 0 spiro atoms. The van der Waals surface area contributed by atoms with E-state index in [0.29, 0.717) is 6.61 Å². The fourth-order valence-corrected chi connectivity index (χ4v) is 0.203. The Labute approximate surface area is 106 Å². The van der Waals surface area contributed by atoms with Crippen LogP contribution in [0.2, 0.25) is 0 Å². The molecule has 106 valence electrons. The maximum atomic E-state index is 9.82. The lowest BCUT2D eigenvalue weighted by atomic mass is 10.3. The van der Waals surface area contributed by atoms with Gasteiger partial charge in [-0.1, -0.05) is 63.3 Å². The molecule has 0 aromatic carbocycles. The molecule has 0 rings (SSSR count). The highest BCUT2D eigenvalue weighted by Crippen LogP contribution is 1.81. The lowest BCUT2D eigenvalue weighted by molar-refractivity contribution is -0.140. The molecule has 0 atom stereocenters. The largest absolute Gasteiger partial charge is 0.466 e. The molecule has 2 heteroatoms. The summed E-state index contributed by atoms with van der Waals surface area (Å²) in [7, 11) is 0. The molecule has 0 N–H and O–H groups in total. The standard InChI is InChI=1S/C4H8O2.C4H10.2C2H6.2CH4/c1-3-6-4(2)5;1-4(2)3;2*1-2;;/h3H2,1-2H3;4H,1-3H3;2*1-2H3;2*1H4. The lowest BCUT2D eigenvalue weighted by Gasteiger charge is -1.89. The molecule has 0 saturated carbocycles. The van der Waals surface area contributed by atoms with Gasteiger partial charge in [-0.2, -0.15) is 0 Å². The summed E-state index contributed by atoms with van der Waals surface area (Å²) in [4.78, 5) is 9.82. The Morgan fingerprint density at radius 1 is 1.00 bits per heavy atom. The number of rotatable bonds is 1. The van der Waals surface area contributed by atoms with Crippen LogP contribution >= 0.6 is 0 Å². The summed E-state index contributed by atoms with van der Waals surface area (Å²) >= 11 is 0. The third-order valence-electron chi connectivity index (χ3n) is 0.348. The molecular weight excluding hydrogens is 200 g/mol. The van der Waals surface area contributed by atoms with Gasteiger partial charge in [0.2, 0.25) is 0 Å². The Balaban J connectivity index is -0.0000000223. The third kappa shape index (κ3) is 343. The summed E-state index contributed by atoms with van der Waals surface area (Å²) in [6, 6.07) is 0. The van der Waals surface area contributed by atoms with Crippen molar-refractivity contribution in [3.8, 4) is 0 Å². The number of carbonyl (C=O) groups excluding carboxylic acids is 1. The molecule has 0 aliphatic rings. The van der Waals surface area contributed by atoms with Crippen molar-refractivity contribution < 1.29 is 9.53 Å². The normalized spacial score (nSPS) is 5.88. The maximum absolute atomic E-state index is 9.82. The molecule has 0 fully saturated rings. The van der Waals surface area contributed by atoms with Gasteiger partial charge < -0.3 is 4.74 Å². The van der Waals surface area contributed by atoms with Gasteiger partial charge in [-0.05, 0) is 12.8 Å². The van der Waals surface area contributed by atoms with Crippen LogP contribution in [-0.2, 0) is 9.53 Å². The van der Waals surface area contributed by atoms with E-state index in [9.17, 15) is 4.79 Å². The van der Waals surface area contributed by atoms with Crippen LogP contribution in [-0.4, -0.2) is 12.6 Å². The van der Waals surface area contributed by atoms with Crippen molar-refractivity contribution in [3.05, 3.63) is 0 Å². The zero-order valence-corrected chi connectivity index (χ0v) is 11.6. The summed E-state index contributed by atoms with van der Waals surface area (Å²) in [6.07, 6.45) is 0. The van der Waals surface area contributed by atoms with Crippen molar-refractivity contribution in [1.29, 1.82) is 0 Å². The molecule has 0 aliphatic carbocycles. The topological polar surface area (TPSA) is 26.3 Å². The average Bonchev–Trinajstić information content (AvgIpc) is 2.10. The van der Waals surface area contributed by atoms with Crippen molar-refractivity contribution in [2.45, 2.75) is 77.2 Å². The molecule has 0 aromatic rings. The number of ether oxygens (including phenoxy) is 1. The molecule has 0 amide bonds. The Hall–Kier alpha value is -0.530. The second kappa shape index (κ2) is 47.1. The van der Waals surface area contributed by atoms with Crippen LogP contribution < -0.4 is 0 Å². The Kier molecular flexibility index (Phi) is 106. The molecule has 16 heavy (non-hydrogen) atoms. The predicted octanol–water partition coefficient (Wildman–Crippen LogP) is 5.56. The second-order valence-electron chi connectivity index (χ2n) is 2.66. The van der Waals surface area contributed by atoms with Gasteiger partial charge >= 0.3 is 5.97 Å². The van der Waals surface area contributed by atoms with Gasteiger partial charge in [-0.3, -0.25) is 4.79 Å². The van der Waals surface area contributed by atoms with Gasteiger partial charge in [0.15, 0.2) is 0 Å². The monoisotopic (exact) mass is 238 g/mol. The minimum atomic E-state index is -0.211. The van der Waals surface area contributed by atoms with E-state index in [0.717, 1.165) is 5.92 Å². The predicted molar refractivity (Wildman–Crippen MR) is 79.0 cm³/mol. The third-order valence-corrected chi connectivity index (χ3v) is 0.348. The first kappa shape index (κ1) is 36.1. The van der Waals surface area contributed by atoms with Crippen LogP contribution in [0.25, 0.3) is 0 Å². The molecule has 0 bridgehead atoms. The number of hydrogen-bond donors (Lipinski definition) is 0. The van der Waals surface area contributed by atoms with Gasteiger partial charge in [-0.25, -0.2) is 0 Å². The van der Waals surface area contributed by atoms with Gasteiger partial charge in [0, 0.05) is 6.92 Å². The number of carbonyl (C=O) groups is 1. The first-order valence-corrected chi connectivity index (χ1v) is 5.64. The van der Waals surface area contributed by atoms with Crippen LogP contribution in [0.4, 0.5) is 0 Å². The van der Waals surface area contributed by atoms with Gasteiger partial charge in [0.05, 0.1) is 6.61 Å². The van der Waals surface area contributed by atoms with Crippen molar-refractivity contribution in [1.82, 2.24) is 0 Å². The molecule has 0 heterocycles. The van der Waals surface area contributed by atoms with E-state index >= 15 is 0 Å². The highest BCUT2D eigenvalue weighted by atomic mass is 16.5. The quantitative estimate of drug-likeness (QED) is 0.559. The van der Waals surface area contributed by atoms with E-state index in [-0.39, 0.29) is 20.8 Å². The molecule has 0 aliphatic heterocycles. The van der Waals surface area contributed by atoms with Crippen LogP contribution in [0.5, 0.6) is 0 Å². The van der Waals surface area contributed by atoms with E-state index in [2.05, 4.69) is 25.5 Å². The molecule has 0 radical (unpaired) electrons. The maximum Gasteiger partial charge on any atom is 0.302 e. The van der Waals surface area contributed by atoms with Gasteiger partial charge in [0.25, 0.3) is 0 Å². The molecule has 0 unspecified atom stereocenters. The zero-order valence-electron chi connectivity index (χ0n) is 11.6. The highest BCUT2D eigenvalue weighted by molar-refractivity contribution is 5.65. The van der Waals surface area contributed by atoms with Crippen LogP contribution in [0.3, 0.4) is 0 Å². The SMILES string of the molecule is C.C.CC.CC.CC(C)C.CCOC(C)=O. The Morgan fingerprint density at radius 2 is 1.19 bits per heavy atom. The van der Waals surface area contributed by atoms with Crippen molar-refractivity contribution in [3.63, 3.8) is 0 Å². The summed E-state index contributed by atoms with van der Waals surface area (Å²) in [5.41, 5.74) is 0. The molecule has 2 nitrogen and oxygen atoms in total. The molecule has 0 aromatic heterocycles. The summed E-state index contributed by atoms with van der Waals surface area (Å²) < 4.78 is 4.40. The minimum absolute atomic E-state index is 0. The van der Waals surface area contributed by atoms with E-state index in [1.807, 2.05) is 27.7 Å². The summed E-state index contributed by atoms with van der Waals surface area (Å²) in [6.45, 7) is 18.2. The summed E-state index contributed by atoms with van der Waals surface area (Å²) in [5, 5.41) is 0. The van der Waals surface area contributed by atoms with Crippen molar-refractivity contribution >= 4 is 5.97 Å². The van der Waals surface area contributed by atoms with Crippen LogP contribution in [0.15, 0.2) is 0 Å². The van der Waals surface area contributed by atoms with Gasteiger partial charge in [0.1, 0.15) is 0 Å².